The molecule has 21 heavy (non-hydrogen) atoms. The van der Waals surface area contributed by atoms with Gasteiger partial charge in [0.25, 0.3) is 0 Å². The quantitative estimate of drug-likeness (QED) is 0.848. The fraction of sp³-hybridized carbons (Fsp3) is 0.312. The minimum Gasteiger partial charge on any atom is -0.478 e. The number of furan rings is 1. The molecule has 0 bridgehead atoms. The number of hydrogen-bond donors (Lipinski definition) is 2. The lowest BCUT2D eigenvalue weighted by molar-refractivity contribution is 0.0697. The van der Waals surface area contributed by atoms with E-state index in [-0.39, 0.29) is 18.0 Å². The summed E-state index contributed by atoms with van der Waals surface area (Å²) in [4.78, 5) is 11.0. The smallest absolute Gasteiger partial charge is 0.335 e. The second-order valence-corrected chi connectivity index (χ2v) is 4.84. The molecule has 0 amide bonds. The van der Waals surface area contributed by atoms with Gasteiger partial charge >= 0.3 is 5.97 Å². The van der Waals surface area contributed by atoms with E-state index in [1.807, 2.05) is 18.2 Å². The zero-order chi connectivity index (χ0) is 14.5. The van der Waals surface area contributed by atoms with Crippen LogP contribution in [0.4, 0.5) is 0 Å². The third-order valence-corrected chi connectivity index (χ3v) is 3.29. The van der Waals surface area contributed by atoms with Crippen LogP contribution in [0.15, 0.2) is 40.8 Å². The fourth-order valence-electron chi connectivity index (χ4n) is 1.85. The van der Waals surface area contributed by atoms with Gasteiger partial charge < -0.3 is 14.8 Å². The van der Waals surface area contributed by atoms with Gasteiger partial charge in [0.1, 0.15) is 11.5 Å². The highest BCUT2D eigenvalue weighted by molar-refractivity contribution is 5.89. The van der Waals surface area contributed by atoms with Gasteiger partial charge in [-0.3, -0.25) is 0 Å². The maximum atomic E-state index is 11.0. The Hall–Kier alpha value is -1.78. The first-order chi connectivity index (χ1) is 9.60. The number of carboxylic acids is 1. The van der Waals surface area contributed by atoms with Crippen LogP contribution >= 0.6 is 12.4 Å². The van der Waals surface area contributed by atoms with Crippen LogP contribution in [-0.2, 0) is 6.54 Å². The Morgan fingerprint density at radius 3 is 2.76 bits per heavy atom. The fourth-order valence-corrected chi connectivity index (χ4v) is 1.85. The molecule has 0 saturated carbocycles. The van der Waals surface area contributed by atoms with Crippen molar-refractivity contribution in [1.29, 1.82) is 0 Å². The zero-order valence-corrected chi connectivity index (χ0v) is 12.9. The van der Waals surface area contributed by atoms with E-state index in [0.29, 0.717) is 18.3 Å². The van der Waals surface area contributed by atoms with E-state index in [0.717, 1.165) is 17.7 Å². The van der Waals surface area contributed by atoms with Gasteiger partial charge in [-0.15, -0.1) is 12.4 Å². The Balaban J connectivity index is 0.00000220. The second-order valence-electron chi connectivity index (χ2n) is 4.84. The zero-order valence-electron chi connectivity index (χ0n) is 12.1. The molecular formula is C16H20ClNO3. The molecule has 0 aliphatic heterocycles. The van der Waals surface area contributed by atoms with Gasteiger partial charge in [0.05, 0.1) is 12.1 Å². The highest BCUT2D eigenvalue weighted by atomic mass is 35.5. The lowest BCUT2D eigenvalue weighted by Gasteiger charge is -2.09. The van der Waals surface area contributed by atoms with Crippen molar-refractivity contribution in [3.8, 4) is 11.3 Å². The number of carbonyl (C=O) groups is 1. The molecule has 0 radical (unpaired) electrons. The molecule has 1 atom stereocenters. The normalized spacial score (nSPS) is 11.7. The van der Waals surface area contributed by atoms with Crippen molar-refractivity contribution < 1.29 is 14.3 Å². The SMILES string of the molecule is CCC(C)NCc1ccc(-c2cccc(C(=O)O)c2)o1.Cl. The topological polar surface area (TPSA) is 62.5 Å². The van der Waals surface area contributed by atoms with Crippen LogP contribution in [0.25, 0.3) is 11.3 Å². The minimum atomic E-state index is -0.933. The highest BCUT2D eigenvalue weighted by Crippen LogP contribution is 2.23. The summed E-state index contributed by atoms with van der Waals surface area (Å²) in [5.74, 6) is 0.604. The number of carboxylic acid groups (broad SMARTS) is 1. The Morgan fingerprint density at radius 1 is 1.33 bits per heavy atom. The number of hydrogen-bond acceptors (Lipinski definition) is 3. The molecule has 0 spiro atoms. The van der Waals surface area contributed by atoms with Crippen LogP contribution in [-0.4, -0.2) is 17.1 Å². The maximum absolute atomic E-state index is 11.0. The van der Waals surface area contributed by atoms with Crippen molar-refractivity contribution in [2.24, 2.45) is 0 Å². The van der Waals surface area contributed by atoms with E-state index < -0.39 is 5.97 Å². The molecule has 0 fully saturated rings. The predicted molar refractivity (Wildman–Crippen MR) is 84.9 cm³/mol. The van der Waals surface area contributed by atoms with Crippen molar-refractivity contribution in [1.82, 2.24) is 5.32 Å². The second kappa shape index (κ2) is 7.86. The van der Waals surface area contributed by atoms with Gasteiger partial charge in [0, 0.05) is 11.6 Å². The Bertz CT molecular complexity index is 595. The molecule has 5 heteroatoms. The summed E-state index contributed by atoms with van der Waals surface area (Å²) < 4.78 is 5.74. The summed E-state index contributed by atoms with van der Waals surface area (Å²) in [5.41, 5.74) is 1.04. The molecule has 0 aliphatic rings. The van der Waals surface area contributed by atoms with Crippen molar-refractivity contribution in [2.45, 2.75) is 32.9 Å². The van der Waals surface area contributed by atoms with Crippen molar-refractivity contribution >= 4 is 18.4 Å². The summed E-state index contributed by atoms with van der Waals surface area (Å²) in [6, 6.07) is 11.0. The van der Waals surface area contributed by atoms with Crippen LogP contribution in [0, 0.1) is 0 Å². The van der Waals surface area contributed by atoms with Gasteiger partial charge in [0.15, 0.2) is 0 Å². The third-order valence-electron chi connectivity index (χ3n) is 3.29. The average Bonchev–Trinajstić information content (AvgIpc) is 2.93. The van der Waals surface area contributed by atoms with Crippen LogP contribution < -0.4 is 5.32 Å². The minimum absolute atomic E-state index is 0. The summed E-state index contributed by atoms with van der Waals surface area (Å²) in [6.07, 6.45) is 1.06. The van der Waals surface area contributed by atoms with Gasteiger partial charge in [-0.05, 0) is 37.6 Å². The Labute approximate surface area is 130 Å². The molecule has 2 aromatic rings. The molecule has 2 N–H and O–H groups in total. The number of rotatable bonds is 6. The third kappa shape index (κ3) is 4.62. The van der Waals surface area contributed by atoms with Crippen molar-refractivity contribution in [3.63, 3.8) is 0 Å². The first-order valence-electron chi connectivity index (χ1n) is 6.76. The molecule has 2 rings (SSSR count). The molecule has 1 aromatic carbocycles. The average molecular weight is 310 g/mol. The molecule has 0 aliphatic carbocycles. The van der Waals surface area contributed by atoms with E-state index in [9.17, 15) is 4.79 Å². The summed E-state index contributed by atoms with van der Waals surface area (Å²) in [5, 5.41) is 12.3. The molecular weight excluding hydrogens is 290 g/mol. The largest absolute Gasteiger partial charge is 0.478 e. The molecule has 1 unspecified atom stereocenters. The van der Waals surface area contributed by atoms with Crippen LogP contribution in [0.5, 0.6) is 0 Å². The van der Waals surface area contributed by atoms with Crippen LogP contribution in [0.2, 0.25) is 0 Å². The number of aromatic carboxylic acids is 1. The standard InChI is InChI=1S/C16H19NO3.ClH/c1-3-11(2)17-10-14-7-8-15(20-14)12-5-4-6-13(9-12)16(18)19;/h4-9,11,17H,3,10H2,1-2H3,(H,18,19);1H. The number of benzene rings is 1. The van der Waals surface area contributed by atoms with Gasteiger partial charge in [-0.25, -0.2) is 4.79 Å². The monoisotopic (exact) mass is 309 g/mol. The molecule has 1 heterocycles. The first kappa shape index (κ1) is 17.3. The van der Waals surface area contributed by atoms with Crippen molar-refractivity contribution in [3.05, 3.63) is 47.7 Å². The maximum Gasteiger partial charge on any atom is 0.335 e. The Morgan fingerprint density at radius 2 is 2.10 bits per heavy atom. The van der Waals surface area contributed by atoms with E-state index in [1.54, 1.807) is 18.2 Å². The van der Waals surface area contributed by atoms with E-state index in [4.69, 9.17) is 9.52 Å². The molecule has 0 saturated heterocycles. The van der Waals surface area contributed by atoms with Gasteiger partial charge in [-0.1, -0.05) is 19.1 Å². The number of halogens is 1. The lowest BCUT2D eigenvalue weighted by atomic mass is 10.1. The highest BCUT2D eigenvalue weighted by Gasteiger charge is 2.09. The first-order valence-corrected chi connectivity index (χ1v) is 6.76. The summed E-state index contributed by atoms with van der Waals surface area (Å²) in [6.45, 7) is 4.93. The van der Waals surface area contributed by atoms with Crippen molar-refractivity contribution in [2.75, 3.05) is 0 Å². The molecule has 114 valence electrons. The predicted octanol–water partition coefficient (Wildman–Crippen LogP) is 3.95. The van der Waals surface area contributed by atoms with E-state index in [1.165, 1.54) is 0 Å². The number of nitrogens with one attached hydrogen (secondary N) is 1. The Kier molecular flexibility index (Phi) is 6.46. The van der Waals surface area contributed by atoms with Gasteiger partial charge in [-0.2, -0.15) is 0 Å². The van der Waals surface area contributed by atoms with E-state index in [2.05, 4.69) is 19.2 Å². The summed E-state index contributed by atoms with van der Waals surface area (Å²) >= 11 is 0. The lowest BCUT2D eigenvalue weighted by Crippen LogP contribution is -2.24. The molecule has 1 aromatic heterocycles. The summed E-state index contributed by atoms with van der Waals surface area (Å²) in [7, 11) is 0. The van der Waals surface area contributed by atoms with Gasteiger partial charge in [0.2, 0.25) is 0 Å². The molecule has 4 nitrogen and oxygen atoms in total. The van der Waals surface area contributed by atoms with Crippen LogP contribution in [0.1, 0.15) is 36.4 Å². The van der Waals surface area contributed by atoms with E-state index >= 15 is 0 Å². The van der Waals surface area contributed by atoms with Crippen LogP contribution in [0.3, 0.4) is 0 Å².